The number of rotatable bonds is 4. The van der Waals surface area contributed by atoms with E-state index < -0.39 is 0 Å². The summed E-state index contributed by atoms with van der Waals surface area (Å²) in [5, 5.41) is 0.916. The van der Waals surface area contributed by atoms with Crippen LogP contribution in [0.25, 0.3) is 10.9 Å². The van der Waals surface area contributed by atoms with Gasteiger partial charge in [-0.1, -0.05) is 32.9 Å². The third-order valence-electron chi connectivity index (χ3n) is 4.05. The van der Waals surface area contributed by atoms with Gasteiger partial charge in [0.1, 0.15) is 18.2 Å². The molecule has 23 heavy (non-hydrogen) atoms. The Morgan fingerprint density at radius 3 is 2.43 bits per heavy atom. The first-order chi connectivity index (χ1) is 10.9. The van der Waals surface area contributed by atoms with Gasteiger partial charge in [-0.15, -0.1) is 0 Å². The van der Waals surface area contributed by atoms with Gasteiger partial charge in [0.2, 0.25) is 0 Å². The van der Waals surface area contributed by atoms with Crippen LogP contribution >= 0.6 is 0 Å². The highest BCUT2D eigenvalue weighted by Crippen LogP contribution is 2.24. The van der Waals surface area contributed by atoms with Crippen LogP contribution in [-0.2, 0) is 12.0 Å². The minimum absolute atomic E-state index is 0.151. The lowest BCUT2D eigenvalue weighted by molar-refractivity contribution is 0.300. The standard InChI is InChI=1S/C20H22FNO/c1-20(2,3)16-4-7-18(8-5-16)23-13-12-22-11-10-15-14-17(21)6-9-19(15)22/h4-11,14H,12-13H2,1-3H3. The van der Waals surface area contributed by atoms with E-state index in [0.29, 0.717) is 6.61 Å². The molecule has 0 aliphatic rings. The molecule has 1 heterocycles. The maximum Gasteiger partial charge on any atom is 0.123 e. The minimum atomic E-state index is -0.203. The highest BCUT2D eigenvalue weighted by atomic mass is 19.1. The predicted molar refractivity (Wildman–Crippen MR) is 92.5 cm³/mol. The molecule has 0 aliphatic heterocycles. The van der Waals surface area contributed by atoms with Crippen molar-refractivity contribution in [3.63, 3.8) is 0 Å². The van der Waals surface area contributed by atoms with E-state index in [1.807, 2.05) is 30.5 Å². The normalized spacial score (nSPS) is 11.8. The van der Waals surface area contributed by atoms with Gasteiger partial charge >= 0.3 is 0 Å². The lowest BCUT2D eigenvalue weighted by Crippen LogP contribution is -2.11. The first-order valence-electron chi connectivity index (χ1n) is 7.91. The van der Waals surface area contributed by atoms with Crippen molar-refractivity contribution in [2.75, 3.05) is 6.61 Å². The lowest BCUT2D eigenvalue weighted by Gasteiger charge is -2.19. The zero-order valence-electron chi connectivity index (χ0n) is 13.8. The maximum atomic E-state index is 13.2. The Morgan fingerprint density at radius 2 is 1.74 bits per heavy atom. The van der Waals surface area contributed by atoms with Crippen LogP contribution in [0.1, 0.15) is 26.3 Å². The first kappa shape index (κ1) is 15.6. The van der Waals surface area contributed by atoms with E-state index in [1.165, 1.54) is 11.6 Å². The molecule has 3 heteroatoms. The number of hydrogen-bond acceptors (Lipinski definition) is 1. The third kappa shape index (κ3) is 3.55. The molecule has 120 valence electrons. The quantitative estimate of drug-likeness (QED) is 0.649. The second-order valence-corrected chi connectivity index (χ2v) is 6.84. The molecular weight excluding hydrogens is 289 g/mol. The van der Waals surface area contributed by atoms with E-state index in [-0.39, 0.29) is 11.2 Å². The van der Waals surface area contributed by atoms with Crippen LogP contribution < -0.4 is 4.74 Å². The number of ether oxygens (including phenoxy) is 1. The summed E-state index contributed by atoms with van der Waals surface area (Å²) in [5.74, 6) is 0.672. The van der Waals surface area contributed by atoms with E-state index in [1.54, 1.807) is 6.07 Å². The molecule has 0 unspecified atom stereocenters. The first-order valence-corrected chi connectivity index (χ1v) is 7.91. The van der Waals surface area contributed by atoms with Crippen molar-refractivity contribution in [1.82, 2.24) is 4.57 Å². The van der Waals surface area contributed by atoms with Crippen LogP contribution in [0.3, 0.4) is 0 Å². The molecule has 3 rings (SSSR count). The van der Waals surface area contributed by atoms with Crippen LogP contribution in [-0.4, -0.2) is 11.2 Å². The van der Waals surface area contributed by atoms with Crippen LogP contribution in [0.15, 0.2) is 54.7 Å². The van der Waals surface area contributed by atoms with E-state index >= 15 is 0 Å². The molecular formula is C20H22FNO. The highest BCUT2D eigenvalue weighted by molar-refractivity contribution is 5.80. The molecule has 0 fully saturated rings. The van der Waals surface area contributed by atoms with Gasteiger partial charge in [-0.25, -0.2) is 4.39 Å². The molecule has 0 N–H and O–H groups in total. The molecule has 0 aliphatic carbocycles. The number of nitrogens with zero attached hydrogens (tertiary/aromatic N) is 1. The Morgan fingerprint density at radius 1 is 1.00 bits per heavy atom. The van der Waals surface area contributed by atoms with Crippen molar-refractivity contribution < 1.29 is 9.13 Å². The van der Waals surface area contributed by atoms with Crippen molar-refractivity contribution in [3.05, 3.63) is 66.1 Å². The fraction of sp³-hybridized carbons (Fsp3) is 0.300. The monoisotopic (exact) mass is 311 g/mol. The van der Waals surface area contributed by atoms with Gasteiger partial charge in [-0.05, 0) is 47.4 Å². The molecule has 0 saturated carbocycles. The van der Waals surface area contributed by atoms with Gasteiger partial charge in [0.05, 0.1) is 6.54 Å². The Kier molecular flexibility index (Phi) is 4.12. The number of aromatic nitrogens is 1. The SMILES string of the molecule is CC(C)(C)c1ccc(OCCn2ccc3cc(F)ccc32)cc1. The van der Waals surface area contributed by atoms with Crippen molar-refractivity contribution in [1.29, 1.82) is 0 Å². The van der Waals surface area contributed by atoms with Gasteiger partial charge in [-0.3, -0.25) is 0 Å². The Bertz CT molecular complexity index is 797. The molecule has 0 amide bonds. The lowest BCUT2D eigenvalue weighted by atomic mass is 9.87. The van der Waals surface area contributed by atoms with Crippen molar-refractivity contribution in [2.24, 2.45) is 0 Å². The van der Waals surface area contributed by atoms with E-state index in [4.69, 9.17) is 4.74 Å². The topological polar surface area (TPSA) is 14.2 Å². The maximum absolute atomic E-state index is 13.2. The number of hydrogen-bond donors (Lipinski definition) is 0. The summed E-state index contributed by atoms with van der Waals surface area (Å²) in [7, 11) is 0. The number of halogens is 1. The highest BCUT2D eigenvalue weighted by Gasteiger charge is 2.12. The van der Waals surface area contributed by atoms with Gasteiger partial charge in [-0.2, -0.15) is 0 Å². The van der Waals surface area contributed by atoms with Crippen molar-refractivity contribution in [3.8, 4) is 5.75 Å². The molecule has 0 spiro atoms. The Labute approximate surface area is 136 Å². The summed E-state index contributed by atoms with van der Waals surface area (Å²) < 4.78 is 21.1. The van der Waals surface area contributed by atoms with Gasteiger partial charge in [0.15, 0.2) is 0 Å². The fourth-order valence-corrected chi connectivity index (χ4v) is 2.68. The molecule has 0 atom stereocenters. The Hall–Kier alpha value is -2.29. The molecule has 3 aromatic rings. The molecule has 0 saturated heterocycles. The van der Waals surface area contributed by atoms with Gasteiger partial charge in [0.25, 0.3) is 0 Å². The smallest absolute Gasteiger partial charge is 0.123 e. The van der Waals surface area contributed by atoms with Gasteiger partial charge < -0.3 is 9.30 Å². The third-order valence-corrected chi connectivity index (χ3v) is 4.05. The summed E-state index contributed by atoms with van der Waals surface area (Å²) in [6.45, 7) is 7.90. The largest absolute Gasteiger partial charge is 0.492 e. The summed E-state index contributed by atoms with van der Waals surface area (Å²) in [6, 6.07) is 15.0. The number of benzene rings is 2. The summed E-state index contributed by atoms with van der Waals surface area (Å²) >= 11 is 0. The fourth-order valence-electron chi connectivity index (χ4n) is 2.68. The zero-order valence-corrected chi connectivity index (χ0v) is 13.8. The van der Waals surface area contributed by atoms with Crippen LogP contribution in [0, 0.1) is 5.82 Å². The van der Waals surface area contributed by atoms with Crippen LogP contribution in [0.4, 0.5) is 4.39 Å². The average molecular weight is 311 g/mol. The number of fused-ring (bicyclic) bond motifs is 1. The Balaban J connectivity index is 1.62. The van der Waals surface area contributed by atoms with E-state index in [2.05, 4.69) is 37.5 Å². The second-order valence-electron chi connectivity index (χ2n) is 6.84. The van der Waals surface area contributed by atoms with Gasteiger partial charge in [0, 0.05) is 17.1 Å². The molecule has 0 bridgehead atoms. The van der Waals surface area contributed by atoms with E-state index in [0.717, 1.165) is 23.2 Å². The molecule has 0 radical (unpaired) electrons. The average Bonchev–Trinajstić information content (AvgIpc) is 2.89. The summed E-state index contributed by atoms with van der Waals surface area (Å²) in [4.78, 5) is 0. The van der Waals surface area contributed by atoms with Crippen molar-refractivity contribution >= 4 is 10.9 Å². The molecule has 2 aromatic carbocycles. The molecule has 1 aromatic heterocycles. The van der Waals surface area contributed by atoms with E-state index in [9.17, 15) is 4.39 Å². The minimum Gasteiger partial charge on any atom is -0.492 e. The van der Waals surface area contributed by atoms with Crippen LogP contribution in [0.5, 0.6) is 5.75 Å². The van der Waals surface area contributed by atoms with Crippen LogP contribution in [0.2, 0.25) is 0 Å². The summed E-state index contributed by atoms with van der Waals surface area (Å²) in [5.41, 5.74) is 2.47. The zero-order chi connectivity index (χ0) is 16.4. The van der Waals surface area contributed by atoms with Crippen molar-refractivity contribution in [2.45, 2.75) is 32.7 Å². The molecule has 2 nitrogen and oxygen atoms in total. The summed E-state index contributed by atoms with van der Waals surface area (Å²) in [6.07, 6.45) is 1.97. The predicted octanol–water partition coefficient (Wildman–Crippen LogP) is 5.16. The second kappa shape index (κ2) is 6.07.